The molecule has 1 rings (SSSR count). The Morgan fingerprint density at radius 1 is 1.50 bits per heavy atom. The lowest BCUT2D eigenvalue weighted by Crippen LogP contribution is -2.20. The highest BCUT2D eigenvalue weighted by atomic mass is 16.5. The van der Waals surface area contributed by atoms with Gasteiger partial charge in [0.2, 0.25) is 0 Å². The van der Waals surface area contributed by atoms with E-state index in [9.17, 15) is 4.79 Å². The van der Waals surface area contributed by atoms with Gasteiger partial charge in [-0.25, -0.2) is 9.78 Å². The van der Waals surface area contributed by atoms with Crippen LogP contribution in [0.5, 0.6) is 0 Å². The first-order valence-electron chi connectivity index (χ1n) is 5.68. The third-order valence-electron chi connectivity index (χ3n) is 2.46. The Bertz CT molecular complexity index is 410. The molecule has 1 aromatic heterocycles. The fraction of sp³-hybridized carbons (Fsp3) is 0.500. The van der Waals surface area contributed by atoms with E-state index in [1.165, 1.54) is 13.2 Å². The number of nitrogens with one attached hydrogen (secondary N) is 1. The number of aromatic nitrogens is 1. The summed E-state index contributed by atoms with van der Waals surface area (Å²) in [7, 11) is 2.96. The second-order valence-corrected chi connectivity index (χ2v) is 3.95. The molecule has 0 spiro atoms. The van der Waals surface area contributed by atoms with Crippen LogP contribution >= 0.6 is 0 Å². The molecule has 0 aliphatic carbocycles. The zero-order valence-corrected chi connectivity index (χ0v) is 10.9. The summed E-state index contributed by atoms with van der Waals surface area (Å²) in [5, 5.41) is 3.14. The monoisotopic (exact) mass is 253 g/mol. The second-order valence-electron chi connectivity index (χ2n) is 3.95. The minimum Gasteiger partial charge on any atom is -0.464 e. The number of esters is 1. The SMILES string of the molecule is COCCC(C)Nc1nc(C(=O)OC)ccc1N. The summed E-state index contributed by atoms with van der Waals surface area (Å²) in [5.41, 5.74) is 6.52. The molecule has 0 radical (unpaired) electrons. The number of rotatable bonds is 6. The van der Waals surface area contributed by atoms with E-state index in [-0.39, 0.29) is 11.7 Å². The maximum Gasteiger partial charge on any atom is 0.356 e. The molecule has 0 bridgehead atoms. The molecular weight excluding hydrogens is 234 g/mol. The predicted octanol–water partition coefficient (Wildman–Crippen LogP) is 1.29. The van der Waals surface area contributed by atoms with Crippen LogP contribution in [0.2, 0.25) is 0 Å². The van der Waals surface area contributed by atoms with E-state index in [0.29, 0.717) is 18.1 Å². The number of carbonyl (C=O) groups excluding carboxylic acids is 1. The summed E-state index contributed by atoms with van der Waals surface area (Å²) in [5.74, 6) is 0.00379. The van der Waals surface area contributed by atoms with Crippen LogP contribution in [0, 0.1) is 0 Å². The summed E-state index contributed by atoms with van der Waals surface area (Å²) in [6, 6.07) is 3.31. The molecule has 0 aliphatic heterocycles. The van der Waals surface area contributed by atoms with Gasteiger partial charge in [-0.1, -0.05) is 0 Å². The van der Waals surface area contributed by atoms with Crippen LogP contribution in [0.1, 0.15) is 23.8 Å². The molecule has 0 saturated carbocycles. The van der Waals surface area contributed by atoms with Crippen molar-refractivity contribution >= 4 is 17.5 Å². The standard InChI is InChI=1S/C12H19N3O3/c1-8(6-7-17-2)14-11-9(13)4-5-10(15-11)12(16)18-3/h4-5,8H,6-7,13H2,1-3H3,(H,14,15). The molecule has 0 aliphatic rings. The van der Waals surface area contributed by atoms with E-state index < -0.39 is 5.97 Å². The molecule has 1 unspecified atom stereocenters. The number of hydrogen-bond donors (Lipinski definition) is 2. The lowest BCUT2D eigenvalue weighted by molar-refractivity contribution is 0.0594. The molecule has 0 aromatic carbocycles. The molecule has 1 heterocycles. The van der Waals surface area contributed by atoms with Crippen LogP contribution < -0.4 is 11.1 Å². The first kappa shape index (κ1) is 14.2. The van der Waals surface area contributed by atoms with Crippen molar-refractivity contribution in [3.8, 4) is 0 Å². The van der Waals surface area contributed by atoms with Crippen molar-refractivity contribution in [3.63, 3.8) is 0 Å². The fourth-order valence-corrected chi connectivity index (χ4v) is 1.40. The summed E-state index contributed by atoms with van der Waals surface area (Å²) in [6.45, 7) is 2.63. The van der Waals surface area contributed by atoms with Gasteiger partial charge in [0.05, 0.1) is 12.8 Å². The topological polar surface area (TPSA) is 86.5 Å². The summed E-state index contributed by atoms with van der Waals surface area (Å²) in [4.78, 5) is 15.5. The number of hydrogen-bond acceptors (Lipinski definition) is 6. The van der Waals surface area contributed by atoms with E-state index in [2.05, 4.69) is 15.0 Å². The van der Waals surface area contributed by atoms with Crippen LogP contribution in [-0.2, 0) is 9.47 Å². The Balaban J connectivity index is 2.77. The minimum atomic E-state index is -0.484. The average Bonchev–Trinajstić information content (AvgIpc) is 2.38. The summed E-state index contributed by atoms with van der Waals surface area (Å²) >= 11 is 0. The van der Waals surface area contributed by atoms with Crippen molar-refractivity contribution in [2.45, 2.75) is 19.4 Å². The van der Waals surface area contributed by atoms with Gasteiger partial charge in [0.25, 0.3) is 0 Å². The Kier molecular flexibility index (Phi) is 5.38. The number of nitrogen functional groups attached to an aromatic ring is 1. The van der Waals surface area contributed by atoms with Crippen molar-refractivity contribution in [2.75, 3.05) is 31.9 Å². The molecule has 0 saturated heterocycles. The maximum atomic E-state index is 11.4. The minimum absolute atomic E-state index is 0.146. The van der Waals surface area contributed by atoms with Crippen LogP contribution in [0.4, 0.5) is 11.5 Å². The van der Waals surface area contributed by atoms with Gasteiger partial charge in [0, 0.05) is 19.8 Å². The van der Waals surface area contributed by atoms with Crippen LogP contribution in [0.15, 0.2) is 12.1 Å². The molecule has 6 heteroatoms. The number of anilines is 2. The predicted molar refractivity (Wildman–Crippen MR) is 69.6 cm³/mol. The van der Waals surface area contributed by atoms with Gasteiger partial charge in [-0.15, -0.1) is 0 Å². The highest BCUT2D eigenvalue weighted by Gasteiger charge is 2.11. The Labute approximate surface area is 106 Å². The molecule has 6 nitrogen and oxygen atoms in total. The van der Waals surface area contributed by atoms with E-state index >= 15 is 0 Å². The quantitative estimate of drug-likeness (QED) is 0.743. The van der Waals surface area contributed by atoms with Gasteiger partial charge in [0.15, 0.2) is 5.69 Å². The molecule has 3 N–H and O–H groups in total. The molecule has 1 atom stereocenters. The number of nitrogens with zero attached hydrogens (tertiary/aromatic N) is 1. The van der Waals surface area contributed by atoms with E-state index in [0.717, 1.165) is 6.42 Å². The zero-order chi connectivity index (χ0) is 13.5. The Morgan fingerprint density at radius 2 is 2.22 bits per heavy atom. The number of carbonyl (C=O) groups is 1. The van der Waals surface area contributed by atoms with Gasteiger partial charge in [-0.2, -0.15) is 0 Å². The van der Waals surface area contributed by atoms with Gasteiger partial charge < -0.3 is 20.5 Å². The number of nitrogens with two attached hydrogens (primary N) is 1. The molecule has 0 fully saturated rings. The van der Waals surface area contributed by atoms with Crippen molar-refractivity contribution in [1.29, 1.82) is 0 Å². The lowest BCUT2D eigenvalue weighted by atomic mass is 10.2. The number of ether oxygens (including phenoxy) is 2. The van der Waals surface area contributed by atoms with E-state index in [1.54, 1.807) is 13.2 Å². The maximum absolute atomic E-state index is 11.4. The fourth-order valence-electron chi connectivity index (χ4n) is 1.40. The summed E-state index contributed by atoms with van der Waals surface area (Å²) in [6.07, 6.45) is 0.820. The average molecular weight is 253 g/mol. The molecule has 100 valence electrons. The smallest absolute Gasteiger partial charge is 0.356 e. The highest BCUT2D eigenvalue weighted by molar-refractivity contribution is 5.88. The first-order valence-corrected chi connectivity index (χ1v) is 5.68. The molecule has 18 heavy (non-hydrogen) atoms. The number of methoxy groups -OCH3 is 2. The van der Waals surface area contributed by atoms with Crippen molar-refractivity contribution in [3.05, 3.63) is 17.8 Å². The van der Waals surface area contributed by atoms with Gasteiger partial charge in [0.1, 0.15) is 5.82 Å². The highest BCUT2D eigenvalue weighted by Crippen LogP contribution is 2.17. The normalized spacial score (nSPS) is 11.9. The zero-order valence-electron chi connectivity index (χ0n) is 10.9. The molecular formula is C12H19N3O3. The lowest BCUT2D eigenvalue weighted by Gasteiger charge is -2.15. The third-order valence-corrected chi connectivity index (χ3v) is 2.46. The largest absolute Gasteiger partial charge is 0.464 e. The summed E-state index contributed by atoms with van der Waals surface area (Å²) < 4.78 is 9.60. The molecule has 0 amide bonds. The number of pyridine rings is 1. The van der Waals surface area contributed by atoms with Gasteiger partial charge in [-0.3, -0.25) is 0 Å². The van der Waals surface area contributed by atoms with E-state index in [4.69, 9.17) is 10.5 Å². The van der Waals surface area contributed by atoms with E-state index in [1.807, 2.05) is 6.92 Å². The van der Waals surface area contributed by atoms with Crippen LogP contribution in [0.3, 0.4) is 0 Å². The third kappa shape index (κ3) is 3.89. The van der Waals surface area contributed by atoms with Crippen molar-refractivity contribution < 1.29 is 14.3 Å². The Hall–Kier alpha value is -1.82. The first-order chi connectivity index (χ1) is 8.58. The van der Waals surface area contributed by atoms with Gasteiger partial charge >= 0.3 is 5.97 Å². The second kappa shape index (κ2) is 6.80. The van der Waals surface area contributed by atoms with Crippen molar-refractivity contribution in [1.82, 2.24) is 4.98 Å². The van der Waals surface area contributed by atoms with Gasteiger partial charge in [-0.05, 0) is 25.5 Å². The molecule has 1 aromatic rings. The van der Waals surface area contributed by atoms with Crippen molar-refractivity contribution in [2.24, 2.45) is 0 Å². The van der Waals surface area contributed by atoms with Crippen LogP contribution in [-0.4, -0.2) is 37.8 Å². The van der Waals surface area contributed by atoms with Crippen LogP contribution in [0.25, 0.3) is 0 Å². The Morgan fingerprint density at radius 3 is 2.83 bits per heavy atom.